The van der Waals surface area contributed by atoms with Crippen LogP contribution in [-0.4, -0.2) is 6.10 Å². The Morgan fingerprint density at radius 1 is 1.21 bits per heavy atom. The van der Waals surface area contributed by atoms with E-state index in [2.05, 4.69) is 13.8 Å². The minimum Gasteiger partial charge on any atom is -0.489 e. The Morgan fingerprint density at radius 3 is 2.37 bits per heavy atom. The third kappa shape index (κ3) is 3.87. The maximum atomic E-state index is 6.28. The Bertz CT molecular complexity index is 423. The summed E-state index contributed by atoms with van der Waals surface area (Å²) in [6.45, 7) is 6.55. The molecule has 2 nitrogen and oxygen atoms in total. The fourth-order valence-corrected chi connectivity index (χ4v) is 3.28. The first-order valence-electron chi connectivity index (χ1n) is 7.17. The zero-order chi connectivity index (χ0) is 14.0. The van der Waals surface area contributed by atoms with E-state index in [1.165, 1.54) is 6.42 Å². The fourth-order valence-electron chi connectivity index (χ4n) is 3.04. The minimum atomic E-state index is 0.00118. The van der Waals surface area contributed by atoms with E-state index in [9.17, 15) is 0 Å². The first-order valence-corrected chi connectivity index (χ1v) is 7.55. The maximum absolute atomic E-state index is 6.28. The molecule has 0 aliphatic heterocycles. The lowest BCUT2D eigenvalue weighted by Gasteiger charge is -2.32. The molecule has 3 atom stereocenters. The van der Waals surface area contributed by atoms with Crippen LogP contribution in [0.5, 0.6) is 5.75 Å². The standard InChI is InChI=1S/C16H24ClNO/c1-10-6-11(2)8-14(7-10)19-16-5-4-13(12(3)18)9-15(16)17/h4-5,9-12,14H,6-8,18H2,1-3H3/t10?,11?,12-,14?/m1/s1. The normalized spacial score (nSPS) is 29.0. The third-order valence-corrected chi connectivity index (χ3v) is 4.21. The van der Waals surface area contributed by atoms with E-state index >= 15 is 0 Å². The summed E-state index contributed by atoms with van der Waals surface area (Å²) < 4.78 is 6.09. The molecule has 2 N–H and O–H groups in total. The molecule has 0 spiro atoms. The number of ether oxygens (including phenoxy) is 1. The summed E-state index contributed by atoms with van der Waals surface area (Å²) in [5, 5.41) is 0.667. The summed E-state index contributed by atoms with van der Waals surface area (Å²) in [5.74, 6) is 2.25. The number of hydrogen-bond donors (Lipinski definition) is 1. The molecule has 0 amide bonds. The average molecular weight is 282 g/mol. The molecular formula is C16H24ClNO. The quantitative estimate of drug-likeness (QED) is 0.881. The van der Waals surface area contributed by atoms with Crippen molar-refractivity contribution in [2.45, 2.75) is 52.2 Å². The molecule has 1 fully saturated rings. The van der Waals surface area contributed by atoms with E-state index in [1.54, 1.807) is 0 Å². The second-order valence-corrected chi connectivity index (χ2v) is 6.54. The van der Waals surface area contributed by atoms with E-state index < -0.39 is 0 Å². The predicted molar refractivity (Wildman–Crippen MR) is 80.6 cm³/mol. The molecule has 106 valence electrons. The van der Waals surface area contributed by atoms with Gasteiger partial charge in [0, 0.05) is 6.04 Å². The Hall–Kier alpha value is -0.730. The van der Waals surface area contributed by atoms with Crippen molar-refractivity contribution in [2.75, 3.05) is 0 Å². The highest BCUT2D eigenvalue weighted by molar-refractivity contribution is 6.32. The Morgan fingerprint density at radius 2 is 1.84 bits per heavy atom. The lowest BCUT2D eigenvalue weighted by molar-refractivity contribution is 0.101. The summed E-state index contributed by atoms with van der Waals surface area (Å²) in [5.41, 5.74) is 6.90. The van der Waals surface area contributed by atoms with Crippen LogP contribution in [0.2, 0.25) is 5.02 Å². The summed E-state index contributed by atoms with van der Waals surface area (Å²) in [6, 6.07) is 5.87. The molecule has 1 aliphatic rings. The van der Waals surface area contributed by atoms with Gasteiger partial charge in [0.15, 0.2) is 0 Å². The van der Waals surface area contributed by atoms with Gasteiger partial charge in [-0.05, 0) is 55.7 Å². The maximum Gasteiger partial charge on any atom is 0.138 e. The molecule has 1 aromatic rings. The summed E-state index contributed by atoms with van der Waals surface area (Å²) in [6.07, 6.45) is 3.83. The molecule has 0 radical (unpaired) electrons. The van der Waals surface area contributed by atoms with E-state index in [1.807, 2.05) is 25.1 Å². The fraction of sp³-hybridized carbons (Fsp3) is 0.625. The summed E-state index contributed by atoms with van der Waals surface area (Å²) in [7, 11) is 0. The Balaban J connectivity index is 2.06. The van der Waals surface area contributed by atoms with Crippen LogP contribution < -0.4 is 10.5 Å². The van der Waals surface area contributed by atoms with Crippen molar-refractivity contribution in [3.8, 4) is 5.75 Å². The number of rotatable bonds is 3. The van der Waals surface area contributed by atoms with Crippen LogP contribution in [0, 0.1) is 11.8 Å². The van der Waals surface area contributed by atoms with Crippen LogP contribution >= 0.6 is 11.6 Å². The molecule has 2 rings (SSSR count). The summed E-state index contributed by atoms with van der Waals surface area (Å²) in [4.78, 5) is 0. The smallest absolute Gasteiger partial charge is 0.138 e. The molecule has 1 aromatic carbocycles. The second-order valence-electron chi connectivity index (χ2n) is 6.14. The Labute approximate surface area is 121 Å². The van der Waals surface area contributed by atoms with Crippen LogP contribution in [0.25, 0.3) is 0 Å². The van der Waals surface area contributed by atoms with Gasteiger partial charge in [0.05, 0.1) is 11.1 Å². The zero-order valence-corrected chi connectivity index (χ0v) is 12.8. The van der Waals surface area contributed by atoms with Gasteiger partial charge in [-0.1, -0.05) is 31.5 Å². The van der Waals surface area contributed by atoms with Gasteiger partial charge in [-0.2, -0.15) is 0 Å². The molecule has 0 saturated heterocycles. The van der Waals surface area contributed by atoms with Gasteiger partial charge in [0.2, 0.25) is 0 Å². The first kappa shape index (κ1) is 14.7. The number of hydrogen-bond acceptors (Lipinski definition) is 2. The highest BCUT2D eigenvalue weighted by atomic mass is 35.5. The van der Waals surface area contributed by atoms with Crippen LogP contribution in [0.1, 0.15) is 51.6 Å². The van der Waals surface area contributed by atoms with E-state index in [0.717, 1.165) is 36.0 Å². The molecule has 1 aliphatic carbocycles. The lowest BCUT2D eigenvalue weighted by atomic mass is 9.82. The van der Waals surface area contributed by atoms with E-state index in [4.69, 9.17) is 22.1 Å². The van der Waals surface area contributed by atoms with Crippen LogP contribution in [0.15, 0.2) is 18.2 Å². The predicted octanol–water partition coefficient (Wildman–Crippen LogP) is 4.56. The second kappa shape index (κ2) is 6.15. The third-order valence-electron chi connectivity index (χ3n) is 3.91. The van der Waals surface area contributed by atoms with Gasteiger partial charge in [0.25, 0.3) is 0 Å². The monoisotopic (exact) mass is 281 g/mol. The van der Waals surface area contributed by atoms with E-state index in [-0.39, 0.29) is 12.1 Å². The molecule has 0 bridgehead atoms. The van der Waals surface area contributed by atoms with Crippen molar-refractivity contribution in [3.63, 3.8) is 0 Å². The number of halogens is 1. The lowest BCUT2D eigenvalue weighted by Crippen LogP contribution is -2.28. The highest BCUT2D eigenvalue weighted by Crippen LogP contribution is 2.34. The van der Waals surface area contributed by atoms with Crippen LogP contribution in [0.3, 0.4) is 0 Å². The van der Waals surface area contributed by atoms with Crippen molar-refractivity contribution < 1.29 is 4.74 Å². The largest absolute Gasteiger partial charge is 0.489 e. The van der Waals surface area contributed by atoms with Crippen molar-refractivity contribution in [1.82, 2.24) is 0 Å². The van der Waals surface area contributed by atoms with Gasteiger partial charge in [-0.3, -0.25) is 0 Å². The summed E-state index contributed by atoms with van der Waals surface area (Å²) >= 11 is 6.28. The van der Waals surface area contributed by atoms with Crippen molar-refractivity contribution in [3.05, 3.63) is 28.8 Å². The van der Waals surface area contributed by atoms with Crippen LogP contribution in [0.4, 0.5) is 0 Å². The topological polar surface area (TPSA) is 35.2 Å². The molecular weight excluding hydrogens is 258 g/mol. The molecule has 2 unspecified atom stereocenters. The van der Waals surface area contributed by atoms with Gasteiger partial charge in [-0.25, -0.2) is 0 Å². The molecule has 0 heterocycles. The van der Waals surface area contributed by atoms with Crippen molar-refractivity contribution >= 4 is 11.6 Å². The molecule has 3 heteroatoms. The van der Waals surface area contributed by atoms with Crippen molar-refractivity contribution in [1.29, 1.82) is 0 Å². The molecule has 0 aromatic heterocycles. The van der Waals surface area contributed by atoms with Gasteiger partial charge in [-0.15, -0.1) is 0 Å². The van der Waals surface area contributed by atoms with Gasteiger partial charge < -0.3 is 10.5 Å². The molecule has 1 saturated carbocycles. The van der Waals surface area contributed by atoms with E-state index in [0.29, 0.717) is 5.02 Å². The SMILES string of the molecule is CC1CC(C)CC(Oc2ccc([C@@H](C)N)cc2Cl)C1. The average Bonchev–Trinajstić information content (AvgIpc) is 2.30. The molecule has 19 heavy (non-hydrogen) atoms. The van der Waals surface area contributed by atoms with Crippen LogP contribution in [-0.2, 0) is 0 Å². The number of benzene rings is 1. The number of nitrogens with two attached hydrogens (primary N) is 1. The van der Waals surface area contributed by atoms with Crippen molar-refractivity contribution in [2.24, 2.45) is 17.6 Å². The first-order chi connectivity index (χ1) is 8.95. The van der Waals surface area contributed by atoms with Gasteiger partial charge in [0.1, 0.15) is 5.75 Å². The zero-order valence-electron chi connectivity index (χ0n) is 12.0. The van der Waals surface area contributed by atoms with Gasteiger partial charge >= 0.3 is 0 Å². The highest BCUT2D eigenvalue weighted by Gasteiger charge is 2.25. The minimum absolute atomic E-state index is 0.00118. The Kier molecular flexibility index (Phi) is 4.75.